The van der Waals surface area contributed by atoms with Crippen molar-refractivity contribution in [1.29, 1.82) is 0 Å². The first kappa shape index (κ1) is 14.6. The number of hydrogen-bond donors (Lipinski definition) is 2. The summed E-state index contributed by atoms with van der Waals surface area (Å²) in [5.41, 5.74) is 2.39. The first-order chi connectivity index (χ1) is 10.6. The van der Waals surface area contributed by atoms with Gasteiger partial charge in [0.05, 0.1) is 10.7 Å². The molecule has 4 nitrogen and oxygen atoms in total. The molecule has 1 heterocycles. The van der Waals surface area contributed by atoms with Crippen LogP contribution < -0.4 is 5.32 Å². The van der Waals surface area contributed by atoms with Gasteiger partial charge in [-0.15, -0.1) is 0 Å². The van der Waals surface area contributed by atoms with Gasteiger partial charge in [0.1, 0.15) is 5.69 Å². The summed E-state index contributed by atoms with van der Waals surface area (Å²) >= 11 is 11.9. The minimum Gasteiger partial charge on any atom is -0.321 e. The molecule has 1 amide bonds. The van der Waals surface area contributed by atoms with Crippen molar-refractivity contribution in [3.8, 4) is 11.3 Å². The van der Waals surface area contributed by atoms with E-state index in [1.165, 1.54) is 0 Å². The van der Waals surface area contributed by atoms with E-state index in [1.54, 1.807) is 36.4 Å². The van der Waals surface area contributed by atoms with Crippen LogP contribution in [0.3, 0.4) is 0 Å². The van der Waals surface area contributed by atoms with E-state index < -0.39 is 0 Å². The number of carbonyl (C=O) groups excluding carboxylic acids is 1. The number of rotatable bonds is 3. The molecule has 0 saturated heterocycles. The summed E-state index contributed by atoms with van der Waals surface area (Å²) in [7, 11) is 0. The number of carbonyl (C=O) groups is 1. The number of halogens is 2. The minimum atomic E-state index is -0.284. The summed E-state index contributed by atoms with van der Waals surface area (Å²) in [6, 6.07) is 15.9. The van der Waals surface area contributed by atoms with Crippen LogP contribution in [0.2, 0.25) is 10.0 Å². The highest BCUT2D eigenvalue weighted by atomic mass is 35.5. The number of anilines is 1. The van der Waals surface area contributed by atoms with Crippen molar-refractivity contribution in [2.45, 2.75) is 0 Å². The number of amides is 1. The molecule has 110 valence electrons. The van der Waals surface area contributed by atoms with Gasteiger partial charge in [0.15, 0.2) is 0 Å². The SMILES string of the molecule is O=C(Nc1ccc(Cl)cc1)c1cc(-c2ccccc2Cl)n[nH]1. The van der Waals surface area contributed by atoms with Crippen molar-refractivity contribution >= 4 is 34.8 Å². The van der Waals surface area contributed by atoms with E-state index in [2.05, 4.69) is 15.5 Å². The lowest BCUT2D eigenvalue weighted by Crippen LogP contribution is -2.12. The summed E-state index contributed by atoms with van der Waals surface area (Å²) in [6.45, 7) is 0. The van der Waals surface area contributed by atoms with E-state index in [-0.39, 0.29) is 5.91 Å². The highest BCUT2D eigenvalue weighted by Gasteiger charge is 2.12. The maximum atomic E-state index is 12.2. The Kier molecular flexibility index (Phi) is 4.13. The van der Waals surface area contributed by atoms with Crippen molar-refractivity contribution in [2.75, 3.05) is 5.32 Å². The Morgan fingerprint density at radius 3 is 2.50 bits per heavy atom. The Labute approximate surface area is 137 Å². The predicted octanol–water partition coefficient (Wildman–Crippen LogP) is 4.64. The third-order valence-corrected chi connectivity index (χ3v) is 3.66. The lowest BCUT2D eigenvalue weighted by molar-refractivity contribution is 0.102. The van der Waals surface area contributed by atoms with E-state index in [4.69, 9.17) is 23.2 Å². The number of H-pyrrole nitrogens is 1. The molecule has 0 aliphatic heterocycles. The lowest BCUT2D eigenvalue weighted by atomic mass is 10.1. The molecule has 0 saturated carbocycles. The third kappa shape index (κ3) is 3.13. The maximum Gasteiger partial charge on any atom is 0.273 e. The fourth-order valence-electron chi connectivity index (χ4n) is 1.98. The average Bonchev–Trinajstić information content (AvgIpc) is 3.00. The van der Waals surface area contributed by atoms with E-state index in [0.717, 1.165) is 5.56 Å². The largest absolute Gasteiger partial charge is 0.321 e. The van der Waals surface area contributed by atoms with Crippen molar-refractivity contribution in [2.24, 2.45) is 0 Å². The standard InChI is InChI=1S/C16H11Cl2N3O/c17-10-5-7-11(8-6-10)19-16(22)15-9-14(20-21-15)12-3-1-2-4-13(12)18/h1-9H,(H,19,22)(H,20,21). The zero-order valence-corrected chi connectivity index (χ0v) is 12.8. The van der Waals surface area contributed by atoms with E-state index in [1.807, 2.05) is 18.2 Å². The highest BCUT2D eigenvalue weighted by Crippen LogP contribution is 2.26. The van der Waals surface area contributed by atoms with Crippen LogP contribution in [0.5, 0.6) is 0 Å². The van der Waals surface area contributed by atoms with E-state index in [0.29, 0.717) is 27.1 Å². The molecule has 0 spiro atoms. The second-order valence-electron chi connectivity index (χ2n) is 4.61. The fourth-order valence-corrected chi connectivity index (χ4v) is 2.34. The van der Waals surface area contributed by atoms with Crippen LogP contribution in [-0.2, 0) is 0 Å². The molecular formula is C16H11Cl2N3O. The van der Waals surface area contributed by atoms with Crippen LogP contribution in [0, 0.1) is 0 Å². The minimum absolute atomic E-state index is 0.284. The zero-order valence-electron chi connectivity index (χ0n) is 11.3. The number of benzene rings is 2. The number of nitrogens with one attached hydrogen (secondary N) is 2. The lowest BCUT2D eigenvalue weighted by Gasteiger charge is -2.02. The molecule has 0 radical (unpaired) electrons. The van der Waals surface area contributed by atoms with Crippen molar-refractivity contribution in [3.63, 3.8) is 0 Å². The Bertz CT molecular complexity index is 812. The predicted molar refractivity (Wildman–Crippen MR) is 88.4 cm³/mol. The molecule has 3 aromatic rings. The summed E-state index contributed by atoms with van der Waals surface area (Å²) in [5.74, 6) is -0.284. The quantitative estimate of drug-likeness (QED) is 0.734. The van der Waals surface area contributed by atoms with Gasteiger partial charge in [-0.25, -0.2) is 0 Å². The van der Waals surface area contributed by atoms with Crippen LogP contribution in [0.25, 0.3) is 11.3 Å². The molecule has 0 aliphatic carbocycles. The molecule has 22 heavy (non-hydrogen) atoms. The van der Waals surface area contributed by atoms with Gasteiger partial charge < -0.3 is 5.32 Å². The summed E-state index contributed by atoms with van der Waals surface area (Å²) in [4.78, 5) is 12.2. The Balaban J connectivity index is 1.80. The van der Waals surface area contributed by atoms with Crippen LogP contribution >= 0.6 is 23.2 Å². The number of hydrogen-bond acceptors (Lipinski definition) is 2. The molecule has 6 heteroatoms. The zero-order chi connectivity index (χ0) is 15.5. The van der Waals surface area contributed by atoms with Crippen LogP contribution in [0.15, 0.2) is 54.6 Å². The van der Waals surface area contributed by atoms with Crippen LogP contribution in [0.4, 0.5) is 5.69 Å². The van der Waals surface area contributed by atoms with Gasteiger partial charge in [0.25, 0.3) is 5.91 Å². The molecule has 0 atom stereocenters. The van der Waals surface area contributed by atoms with Gasteiger partial charge >= 0.3 is 0 Å². The number of aromatic nitrogens is 2. The van der Waals surface area contributed by atoms with Gasteiger partial charge in [-0.3, -0.25) is 9.89 Å². The van der Waals surface area contributed by atoms with E-state index in [9.17, 15) is 4.79 Å². The van der Waals surface area contributed by atoms with Gasteiger partial charge in [-0.05, 0) is 36.4 Å². The maximum absolute atomic E-state index is 12.2. The summed E-state index contributed by atoms with van der Waals surface area (Å²) in [5, 5.41) is 10.8. The molecule has 3 rings (SSSR count). The molecular weight excluding hydrogens is 321 g/mol. The third-order valence-electron chi connectivity index (χ3n) is 3.07. The summed E-state index contributed by atoms with van der Waals surface area (Å²) in [6.07, 6.45) is 0. The first-order valence-corrected chi connectivity index (χ1v) is 7.26. The van der Waals surface area contributed by atoms with Crippen LogP contribution in [-0.4, -0.2) is 16.1 Å². The first-order valence-electron chi connectivity index (χ1n) is 6.51. The average molecular weight is 332 g/mol. The molecule has 1 aromatic heterocycles. The molecule has 0 fully saturated rings. The molecule has 0 unspecified atom stereocenters. The van der Waals surface area contributed by atoms with E-state index >= 15 is 0 Å². The Hall–Kier alpha value is -2.30. The molecule has 0 aliphatic rings. The second-order valence-corrected chi connectivity index (χ2v) is 5.45. The normalized spacial score (nSPS) is 10.5. The number of nitrogens with zero attached hydrogens (tertiary/aromatic N) is 1. The highest BCUT2D eigenvalue weighted by molar-refractivity contribution is 6.33. The monoisotopic (exact) mass is 331 g/mol. The van der Waals surface area contributed by atoms with Gasteiger partial charge in [0, 0.05) is 16.3 Å². The van der Waals surface area contributed by atoms with Gasteiger partial charge in [-0.1, -0.05) is 41.4 Å². The molecule has 2 N–H and O–H groups in total. The van der Waals surface area contributed by atoms with Crippen molar-refractivity contribution in [1.82, 2.24) is 10.2 Å². The Morgan fingerprint density at radius 2 is 1.77 bits per heavy atom. The second kappa shape index (κ2) is 6.22. The van der Waals surface area contributed by atoms with Crippen LogP contribution in [0.1, 0.15) is 10.5 Å². The summed E-state index contributed by atoms with van der Waals surface area (Å²) < 4.78 is 0. The number of aromatic amines is 1. The van der Waals surface area contributed by atoms with Gasteiger partial charge in [-0.2, -0.15) is 5.10 Å². The smallest absolute Gasteiger partial charge is 0.273 e. The van der Waals surface area contributed by atoms with Crippen molar-refractivity contribution < 1.29 is 4.79 Å². The molecule has 2 aromatic carbocycles. The molecule has 0 bridgehead atoms. The van der Waals surface area contributed by atoms with Gasteiger partial charge in [0.2, 0.25) is 0 Å². The van der Waals surface area contributed by atoms with Crippen molar-refractivity contribution in [3.05, 3.63) is 70.3 Å². The topological polar surface area (TPSA) is 57.8 Å². The fraction of sp³-hybridized carbons (Fsp3) is 0. The Morgan fingerprint density at radius 1 is 1.05 bits per heavy atom.